The van der Waals surface area contributed by atoms with Crippen molar-refractivity contribution in [2.24, 2.45) is 7.05 Å². The van der Waals surface area contributed by atoms with Crippen LogP contribution in [0.25, 0.3) is 22.2 Å². The summed E-state index contributed by atoms with van der Waals surface area (Å²) >= 11 is 0. The number of sulfonamides is 1. The molecule has 0 saturated heterocycles. The Morgan fingerprint density at radius 3 is 2.44 bits per heavy atom. The third-order valence-electron chi connectivity index (χ3n) is 3.86. The summed E-state index contributed by atoms with van der Waals surface area (Å²) in [5.74, 6) is -3.27. The van der Waals surface area contributed by atoms with E-state index in [4.69, 9.17) is 0 Å². The maximum absolute atomic E-state index is 14.2. The van der Waals surface area contributed by atoms with Gasteiger partial charge in [-0.1, -0.05) is 0 Å². The molecule has 2 heterocycles. The van der Waals surface area contributed by atoms with Crippen LogP contribution in [0, 0.1) is 0 Å². The minimum absolute atomic E-state index is 0.0325. The highest BCUT2D eigenvalue weighted by Gasteiger charge is 2.30. The largest absolute Gasteiger partial charge is 0.348 e. The lowest BCUT2D eigenvalue weighted by molar-refractivity contribution is 0.0181. The fraction of sp³-hybridized carbons (Fsp3) is 0.267. The van der Waals surface area contributed by atoms with Gasteiger partial charge in [-0.05, 0) is 18.2 Å². The van der Waals surface area contributed by atoms with Gasteiger partial charge >= 0.3 is 5.69 Å². The highest BCUT2D eigenvalue weighted by atomic mass is 32.2. The number of aromatic amines is 1. The van der Waals surface area contributed by atoms with Crippen molar-refractivity contribution in [3.8, 4) is 11.3 Å². The highest BCUT2D eigenvalue weighted by molar-refractivity contribution is 7.91. The van der Waals surface area contributed by atoms with Crippen LogP contribution >= 0.6 is 0 Å². The monoisotopic (exact) mass is 399 g/mol. The summed E-state index contributed by atoms with van der Waals surface area (Å²) in [6, 6.07) is 3.68. The van der Waals surface area contributed by atoms with Crippen LogP contribution in [0.5, 0.6) is 0 Å². The summed E-state index contributed by atoms with van der Waals surface area (Å²) in [7, 11) is -2.37. The number of benzene rings is 1. The van der Waals surface area contributed by atoms with Gasteiger partial charge in [0.25, 0.3) is 11.5 Å². The average molecular weight is 399 g/mol. The van der Waals surface area contributed by atoms with E-state index >= 15 is 0 Å². The van der Waals surface area contributed by atoms with Gasteiger partial charge < -0.3 is 4.98 Å². The van der Waals surface area contributed by atoms with E-state index in [2.05, 4.69) is 10.1 Å². The minimum atomic E-state index is -3.92. The Labute approximate surface area is 151 Å². The molecule has 0 spiro atoms. The SMILES string of the molecule is Cn1nccc1-c1cc2c(=O)n(NS(C)(=O)=O)c(=O)[nH]c2cc1C(C)(F)F. The molecule has 3 aromatic rings. The van der Waals surface area contributed by atoms with Gasteiger partial charge in [-0.2, -0.15) is 9.77 Å². The molecule has 0 saturated carbocycles. The van der Waals surface area contributed by atoms with E-state index < -0.39 is 32.8 Å². The Hall–Kier alpha value is -3.02. The first kappa shape index (κ1) is 18.8. The minimum Gasteiger partial charge on any atom is -0.305 e. The second kappa shape index (κ2) is 6.01. The number of hydrogen-bond acceptors (Lipinski definition) is 5. The Kier molecular flexibility index (Phi) is 4.18. The van der Waals surface area contributed by atoms with Crippen LogP contribution in [-0.4, -0.2) is 34.1 Å². The molecule has 0 aliphatic heterocycles. The summed E-state index contributed by atoms with van der Waals surface area (Å²) in [4.78, 5) is 28.7. The Bertz CT molecular complexity index is 1270. The van der Waals surface area contributed by atoms with Crippen molar-refractivity contribution in [1.29, 1.82) is 0 Å². The number of rotatable bonds is 4. The molecule has 2 N–H and O–H groups in total. The number of nitrogens with one attached hydrogen (secondary N) is 2. The van der Waals surface area contributed by atoms with E-state index in [0.717, 1.165) is 12.3 Å². The second-order valence-electron chi connectivity index (χ2n) is 6.11. The van der Waals surface area contributed by atoms with Crippen molar-refractivity contribution in [3.63, 3.8) is 0 Å². The zero-order valence-electron chi connectivity index (χ0n) is 14.4. The van der Waals surface area contributed by atoms with Gasteiger partial charge in [-0.25, -0.2) is 26.8 Å². The molecular weight excluding hydrogens is 384 g/mol. The third kappa shape index (κ3) is 3.47. The first-order chi connectivity index (χ1) is 12.4. The van der Waals surface area contributed by atoms with Gasteiger partial charge in [-0.15, -0.1) is 0 Å². The van der Waals surface area contributed by atoms with Gasteiger partial charge in [0.2, 0.25) is 10.0 Å². The lowest BCUT2D eigenvalue weighted by Gasteiger charge is -2.17. The normalized spacial score (nSPS) is 12.5. The number of H-pyrrole nitrogens is 1. The average Bonchev–Trinajstić information content (AvgIpc) is 2.94. The van der Waals surface area contributed by atoms with E-state index in [1.54, 1.807) is 11.9 Å². The van der Waals surface area contributed by atoms with Crippen LogP contribution < -0.4 is 16.1 Å². The number of halogens is 2. The molecule has 3 rings (SSSR count). The van der Waals surface area contributed by atoms with Crippen molar-refractivity contribution >= 4 is 20.9 Å². The first-order valence-corrected chi connectivity index (χ1v) is 9.45. The lowest BCUT2D eigenvalue weighted by atomic mass is 9.97. The molecule has 2 aromatic heterocycles. The molecular formula is C15H15F2N5O4S. The number of hydrogen-bond donors (Lipinski definition) is 2. The first-order valence-electron chi connectivity index (χ1n) is 7.56. The number of fused-ring (bicyclic) bond motifs is 1. The van der Waals surface area contributed by atoms with Gasteiger partial charge in [0.05, 0.1) is 22.9 Å². The standard InChI is InChI=1S/C15H15F2N5O4S/c1-15(16,17)10-7-11-9(6-8(10)12-4-5-18-21(12)2)13(23)22(14(24)19-11)20-27(3,25)26/h4-7,20H,1-3H3,(H,19,24). The second-order valence-corrected chi connectivity index (χ2v) is 7.83. The quantitative estimate of drug-likeness (QED) is 0.670. The van der Waals surface area contributed by atoms with Crippen molar-refractivity contribution < 1.29 is 17.2 Å². The van der Waals surface area contributed by atoms with E-state index in [1.165, 1.54) is 23.0 Å². The predicted octanol–water partition coefficient (Wildman–Crippen LogP) is 0.705. The van der Waals surface area contributed by atoms with E-state index in [0.29, 0.717) is 12.6 Å². The summed E-state index contributed by atoms with van der Waals surface area (Å²) in [6.07, 6.45) is 2.18. The van der Waals surface area contributed by atoms with Crippen LogP contribution in [0.1, 0.15) is 12.5 Å². The molecule has 12 heteroatoms. The Morgan fingerprint density at radius 2 is 1.93 bits per heavy atom. The van der Waals surface area contributed by atoms with Gasteiger partial charge in [0, 0.05) is 31.3 Å². The van der Waals surface area contributed by atoms with Gasteiger partial charge in [0.15, 0.2) is 0 Å². The Balaban J connectivity index is 2.43. The molecule has 0 bridgehead atoms. The molecule has 144 valence electrons. The van der Waals surface area contributed by atoms with Crippen LogP contribution in [0.15, 0.2) is 34.0 Å². The molecule has 0 aliphatic carbocycles. The summed E-state index contributed by atoms with van der Waals surface area (Å²) in [6.45, 7) is 0.693. The molecule has 0 radical (unpaired) electrons. The molecule has 0 atom stereocenters. The van der Waals surface area contributed by atoms with E-state index in [-0.39, 0.29) is 21.1 Å². The van der Waals surface area contributed by atoms with Gasteiger partial charge in [0.1, 0.15) is 0 Å². The summed E-state index contributed by atoms with van der Waals surface area (Å²) < 4.78 is 52.8. The molecule has 0 amide bonds. The summed E-state index contributed by atoms with van der Waals surface area (Å²) in [5, 5.41) is 3.79. The van der Waals surface area contributed by atoms with Crippen molar-refractivity contribution in [3.05, 3.63) is 50.8 Å². The number of alkyl halides is 2. The fourth-order valence-corrected chi connectivity index (χ4v) is 3.22. The maximum atomic E-state index is 14.2. The molecule has 0 aliphatic rings. The van der Waals surface area contributed by atoms with Gasteiger partial charge in [-0.3, -0.25) is 9.48 Å². The molecule has 27 heavy (non-hydrogen) atoms. The zero-order chi connectivity index (χ0) is 20.1. The summed E-state index contributed by atoms with van der Waals surface area (Å²) in [5.41, 5.74) is -2.29. The molecule has 9 nitrogen and oxygen atoms in total. The van der Waals surface area contributed by atoms with Crippen LogP contribution in [0.4, 0.5) is 8.78 Å². The van der Waals surface area contributed by atoms with Crippen LogP contribution in [-0.2, 0) is 23.0 Å². The zero-order valence-corrected chi connectivity index (χ0v) is 15.3. The third-order valence-corrected chi connectivity index (χ3v) is 4.38. The molecule has 0 unspecified atom stereocenters. The molecule has 1 aromatic carbocycles. The van der Waals surface area contributed by atoms with Crippen molar-refractivity contribution in [2.75, 3.05) is 11.1 Å². The number of aromatic nitrogens is 4. The van der Waals surface area contributed by atoms with Crippen LogP contribution in [0.3, 0.4) is 0 Å². The van der Waals surface area contributed by atoms with Crippen LogP contribution in [0.2, 0.25) is 0 Å². The number of aryl methyl sites for hydroxylation is 1. The lowest BCUT2D eigenvalue weighted by Crippen LogP contribution is -2.43. The maximum Gasteiger partial charge on any atom is 0.348 e. The Morgan fingerprint density at radius 1 is 1.26 bits per heavy atom. The fourth-order valence-electron chi connectivity index (χ4n) is 2.73. The predicted molar refractivity (Wildman–Crippen MR) is 94.8 cm³/mol. The van der Waals surface area contributed by atoms with Crippen molar-refractivity contribution in [2.45, 2.75) is 12.8 Å². The smallest absolute Gasteiger partial charge is 0.305 e. The molecule has 0 fully saturated rings. The van der Waals surface area contributed by atoms with E-state index in [9.17, 15) is 26.8 Å². The topological polar surface area (TPSA) is 119 Å². The highest BCUT2D eigenvalue weighted by Crippen LogP contribution is 2.37. The van der Waals surface area contributed by atoms with E-state index in [1.807, 2.05) is 0 Å². The number of nitrogens with zero attached hydrogens (tertiary/aromatic N) is 3. The van der Waals surface area contributed by atoms with Crippen molar-refractivity contribution in [1.82, 2.24) is 19.4 Å².